The highest BCUT2D eigenvalue weighted by Crippen LogP contribution is 2.43. The molecule has 3 nitrogen and oxygen atoms in total. The Balaban J connectivity index is 1.56. The monoisotopic (exact) mass is 238 g/mol. The summed E-state index contributed by atoms with van der Waals surface area (Å²) < 4.78 is 5.49. The van der Waals surface area contributed by atoms with Gasteiger partial charge in [0.15, 0.2) is 0 Å². The molecule has 2 unspecified atom stereocenters. The third-order valence-electron chi connectivity index (χ3n) is 5.27. The molecule has 98 valence electrons. The lowest BCUT2D eigenvalue weighted by Gasteiger charge is -2.57. The fourth-order valence-electron chi connectivity index (χ4n) is 4.11. The van der Waals surface area contributed by atoms with Crippen molar-refractivity contribution < 1.29 is 4.74 Å². The van der Waals surface area contributed by atoms with Crippen molar-refractivity contribution in [2.45, 2.75) is 44.6 Å². The summed E-state index contributed by atoms with van der Waals surface area (Å²) in [7, 11) is 0. The maximum Gasteiger partial charge on any atom is 0.0472 e. The topological polar surface area (TPSA) is 38.5 Å². The lowest BCUT2D eigenvalue weighted by molar-refractivity contribution is -0.110. The van der Waals surface area contributed by atoms with Crippen molar-refractivity contribution in [1.29, 1.82) is 0 Å². The molecule has 2 aliphatic heterocycles. The summed E-state index contributed by atoms with van der Waals surface area (Å²) in [4.78, 5) is 2.72. The Bertz CT molecular complexity index is 255. The molecule has 2 heterocycles. The molecule has 1 aliphatic carbocycles. The third kappa shape index (κ3) is 2.25. The Morgan fingerprint density at radius 2 is 1.82 bits per heavy atom. The second-order valence-electron chi connectivity index (χ2n) is 6.36. The van der Waals surface area contributed by atoms with Crippen molar-refractivity contribution in [3.63, 3.8) is 0 Å². The van der Waals surface area contributed by atoms with Gasteiger partial charge in [-0.25, -0.2) is 0 Å². The van der Waals surface area contributed by atoms with Crippen LogP contribution in [0.15, 0.2) is 0 Å². The van der Waals surface area contributed by atoms with Crippen molar-refractivity contribution in [2.75, 3.05) is 32.8 Å². The molecule has 2 N–H and O–H groups in total. The van der Waals surface area contributed by atoms with Gasteiger partial charge in [0, 0.05) is 37.8 Å². The van der Waals surface area contributed by atoms with Gasteiger partial charge in [0.2, 0.25) is 0 Å². The molecule has 2 atom stereocenters. The van der Waals surface area contributed by atoms with Crippen LogP contribution in [-0.4, -0.2) is 43.8 Å². The molecule has 3 aliphatic rings. The third-order valence-corrected chi connectivity index (χ3v) is 5.27. The van der Waals surface area contributed by atoms with Crippen LogP contribution >= 0.6 is 0 Å². The summed E-state index contributed by atoms with van der Waals surface area (Å²) in [6.45, 7) is 5.49. The van der Waals surface area contributed by atoms with Gasteiger partial charge < -0.3 is 10.5 Å². The van der Waals surface area contributed by atoms with E-state index in [4.69, 9.17) is 10.5 Å². The van der Waals surface area contributed by atoms with Gasteiger partial charge in [-0.15, -0.1) is 0 Å². The van der Waals surface area contributed by atoms with Gasteiger partial charge in [0.1, 0.15) is 0 Å². The van der Waals surface area contributed by atoms with Gasteiger partial charge in [-0.05, 0) is 38.1 Å². The van der Waals surface area contributed by atoms with Crippen LogP contribution in [0.5, 0.6) is 0 Å². The molecule has 0 aromatic carbocycles. The zero-order valence-corrected chi connectivity index (χ0v) is 10.9. The molecule has 0 amide bonds. The quantitative estimate of drug-likeness (QED) is 0.794. The first-order chi connectivity index (χ1) is 8.33. The minimum atomic E-state index is 0.620. The average molecular weight is 238 g/mol. The zero-order valence-electron chi connectivity index (χ0n) is 10.9. The second kappa shape index (κ2) is 4.87. The number of hydrogen-bond donors (Lipinski definition) is 1. The Labute approximate surface area is 105 Å². The summed E-state index contributed by atoms with van der Waals surface area (Å²) in [6, 6.07) is 0.794. The summed E-state index contributed by atoms with van der Waals surface area (Å²) in [5, 5.41) is 0. The highest BCUT2D eigenvalue weighted by Gasteiger charge is 2.47. The van der Waals surface area contributed by atoms with E-state index in [9.17, 15) is 0 Å². The van der Waals surface area contributed by atoms with E-state index in [1.807, 2.05) is 0 Å². The van der Waals surface area contributed by atoms with E-state index in [0.717, 1.165) is 31.7 Å². The van der Waals surface area contributed by atoms with Gasteiger partial charge in [-0.3, -0.25) is 4.90 Å². The zero-order chi connectivity index (χ0) is 11.7. The molecule has 2 saturated heterocycles. The van der Waals surface area contributed by atoms with E-state index in [1.54, 1.807) is 0 Å². The molecule has 0 radical (unpaired) electrons. The molecule has 3 fully saturated rings. The Morgan fingerprint density at radius 1 is 1.12 bits per heavy atom. The van der Waals surface area contributed by atoms with E-state index in [2.05, 4.69) is 4.90 Å². The number of nitrogens with zero attached hydrogens (tertiary/aromatic N) is 1. The SMILES string of the molecule is NCC1CCCCC1N1CC2(CCOCC2)C1. The second-order valence-corrected chi connectivity index (χ2v) is 6.36. The van der Waals surface area contributed by atoms with E-state index in [0.29, 0.717) is 5.41 Å². The minimum absolute atomic E-state index is 0.620. The van der Waals surface area contributed by atoms with Crippen LogP contribution < -0.4 is 5.73 Å². The first-order valence-corrected chi connectivity index (χ1v) is 7.35. The molecule has 3 rings (SSSR count). The average Bonchev–Trinajstić information content (AvgIpc) is 2.37. The molecular formula is C14H26N2O. The van der Waals surface area contributed by atoms with E-state index in [-0.39, 0.29) is 0 Å². The highest BCUT2D eigenvalue weighted by atomic mass is 16.5. The number of likely N-dealkylation sites (tertiary alicyclic amines) is 1. The fraction of sp³-hybridized carbons (Fsp3) is 1.00. The normalized spacial score (nSPS) is 37.9. The van der Waals surface area contributed by atoms with Crippen LogP contribution in [0.1, 0.15) is 38.5 Å². The highest BCUT2D eigenvalue weighted by molar-refractivity contribution is 5.00. The van der Waals surface area contributed by atoms with Crippen molar-refractivity contribution in [3.05, 3.63) is 0 Å². The molecule has 17 heavy (non-hydrogen) atoms. The maximum absolute atomic E-state index is 5.93. The molecule has 0 aromatic heterocycles. The van der Waals surface area contributed by atoms with Crippen LogP contribution in [0.25, 0.3) is 0 Å². The van der Waals surface area contributed by atoms with Crippen molar-refractivity contribution >= 4 is 0 Å². The molecule has 0 aromatic rings. The number of hydrogen-bond acceptors (Lipinski definition) is 3. The molecular weight excluding hydrogens is 212 g/mol. The smallest absolute Gasteiger partial charge is 0.0472 e. The van der Waals surface area contributed by atoms with E-state index >= 15 is 0 Å². The van der Waals surface area contributed by atoms with Crippen LogP contribution in [-0.2, 0) is 4.74 Å². The van der Waals surface area contributed by atoms with E-state index in [1.165, 1.54) is 51.6 Å². The molecule has 1 spiro atoms. The Hall–Kier alpha value is -0.120. The van der Waals surface area contributed by atoms with Crippen molar-refractivity contribution in [3.8, 4) is 0 Å². The van der Waals surface area contributed by atoms with Crippen LogP contribution in [0.2, 0.25) is 0 Å². The van der Waals surface area contributed by atoms with Gasteiger partial charge in [-0.1, -0.05) is 12.8 Å². The number of nitrogens with two attached hydrogens (primary N) is 1. The summed E-state index contributed by atoms with van der Waals surface area (Å²) in [5.41, 5.74) is 6.55. The van der Waals surface area contributed by atoms with Crippen LogP contribution in [0.4, 0.5) is 0 Å². The first kappa shape index (κ1) is 11.9. The molecule has 3 heteroatoms. The van der Waals surface area contributed by atoms with Gasteiger partial charge >= 0.3 is 0 Å². The fourth-order valence-corrected chi connectivity index (χ4v) is 4.11. The maximum atomic E-state index is 5.93. The Morgan fingerprint density at radius 3 is 2.53 bits per heavy atom. The van der Waals surface area contributed by atoms with Gasteiger partial charge in [0.25, 0.3) is 0 Å². The van der Waals surface area contributed by atoms with Gasteiger partial charge in [-0.2, -0.15) is 0 Å². The summed E-state index contributed by atoms with van der Waals surface area (Å²) >= 11 is 0. The predicted octanol–water partition coefficient (Wildman–Crippen LogP) is 1.62. The summed E-state index contributed by atoms with van der Waals surface area (Å²) in [5.74, 6) is 0.765. The standard InChI is InChI=1S/C14H26N2O/c15-9-12-3-1-2-4-13(12)16-10-14(11-16)5-7-17-8-6-14/h12-13H,1-11,15H2. The number of rotatable bonds is 2. The van der Waals surface area contributed by atoms with Crippen molar-refractivity contribution in [2.24, 2.45) is 17.1 Å². The Kier molecular flexibility index (Phi) is 3.42. The number of ether oxygens (including phenoxy) is 1. The minimum Gasteiger partial charge on any atom is -0.381 e. The van der Waals surface area contributed by atoms with Crippen LogP contribution in [0, 0.1) is 11.3 Å². The van der Waals surface area contributed by atoms with Gasteiger partial charge in [0.05, 0.1) is 0 Å². The van der Waals surface area contributed by atoms with Crippen molar-refractivity contribution in [1.82, 2.24) is 4.90 Å². The first-order valence-electron chi connectivity index (χ1n) is 7.35. The predicted molar refractivity (Wildman–Crippen MR) is 68.9 cm³/mol. The lowest BCUT2D eigenvalue weighted by atomic mass is 9.70. The van der Waals surface area contributed by atoms with E-state index < -0.39 is 0 Å². The molecule has 0 bridgehead atoms. The summed E-state index contributed by atoms with van der Waals surface area (Å²) in [6.07, 6.45) is 8.11. The largest absolute Gasteiger partial charge is 0.381 e. The lowest BCUT2D eigenvalue weighted by Crippen LogP contribution is -2.63. The van der Waals surface area contributed by atoms with Crippen LogP contribution in [0.3, 0.4) is 0 Å². The molecule has 1 saturated carbocycles.